The van der Waals surface area contributed by atoms with Crippen molar-refractivity contribution in [2.24, 2.45) is 0 Å². The van der Waals surface area contributed by atoms with E-state index in [0.29, 0.717) is 30.5 Å². The van der Waals surface area contributed by atoms with Gasteiger partial charge in [-0.2, -0.15) is 4.98 Å². The van der Waals surface area contributed by atoms with E-state index in [1.54, 1.807) is 12.3 Å². The average molecular weight is 328 g/mol. The first-order valence-electron chi connectivity index (χ1n) is 8.85. The van der Waals surface area contributed by atoms with Gasteiger partial charge in [0.25, 0.3) is 0 Å². The Kier molecular flexibility index (Phi) is 5.62. The van der Waals surface area contributed by atoms with Gasteiger partial charge in [-0.15, -0.1) is 0 Å². The molecule has 1 aliphatic heterocycles. The first-order chi connectivity index (χ1) is 11.8. The SMILES string of the molecule is CCC1CCCCN1c1ccnc(NCCc2ccccc2F)n1. The van der Waals surface area contributed by atoms with E-state index in [2.05, 4.69) is 27.1 Å². The Morgan fingerprint density at radius 1 is 1.25 bits per heavy atom. The predicted molar refractivity (Wildman–Crippen MR) is 95.9 cm³/mol. The van der Waals surface area contributed by atoms with E-state index in [1.165, 1.54) is 25.3 Å². The number of hydrogen-bond acceptors (Lipinski definition) is 4. The maximum atomic E-state index is 13.6. The standard InChI is InChI=1S/C19H25FN4/c1-2-16-8-5-6-14-24(16)18-11-13-22-19(23-18)21-12-10-15-7-3-4-9-17(15)20/h3-4,7,9,11,13,16H,2,5-6,8,10,12,14H2,1H3,(H,21,22,23). The van der Waals surface area contributed by atoms with Gasteiger partial charge in [-0.25, -0.2) is 9.37 Å². The van der Waals surface area contributed by atoms with Crippen molar-refractivity contribution >= 4 is 11.8 Å². The van der Waals surface area contributed by atoms with Crippen LogP contribution < -0.4 is 10.2 Å². The highest BCUT2D eigenvalue weighted by molar-refractivity contribution is 5.44. The van der Waals surface area contributed by atoms with Gasteiger partial charge in [0.15, 0.2) is 0 Å². The minimum absolute atomic E-state index is 0.159. The summed E-state index contributed by atoms with van der Waals surface area (Å²) in [5.74, 6) is 1.45. The molecule has 4 nitrogen and oxygen atoms in total. The van der Waals surface area contributed by atoms with Crippen molar-refractivity contribution in [3.8, 4) is 0 Å². The molecule has 1 unspecified atom stereocenters. The Hall–Kier alpha value is -2.17. The summed E-state index contributed by atoms with van der Waals surface area (Å²) in [6.07, 6.45) is 7.30. The quantitative estimate of drug-likeness (QED) is 0.869. The topological polar surface area (TPSA) is 41.1 Å². The number of aromatic nitrogens is 2. The first kappa shape index (κ1) is 16.7. The molecule has 2 heterocycles. The molecule has 1 fully saturated rings. The van der Waals surface area contributed by atoms with Crippen molar-refractivity contribution < 1.29 is 4.39 Å². The van der Waals surface area contributed by atoms with Crippen LogP contribution in [0.1, 0.15) is 38.2 Å². The monoisotopic (exact) mass is 328 g/mol. The summed E-state index contributed by atoms with van der Waals surface area (Å²) in [7, 11) is 0. The van der Waals surface area contributed by atoms with Crippen molar-refractivity contribution in [3.05, 3.63) is 47.9 Å². The van der Waals surface area contributed by atoms with Gasteiger partial charge in [0.1, 0.15) is 11.6 Å². The summed E-state index contributed by atoms with van der Waals surface area (Å²) in [6, 6.07) is 9.43. The third-order valence-corrected chi connectivity index (χ3v) is 4.67. The molecule has 128 valence electrons. The predicted octanol–water partition coefficient (Wildman–Crippen LogP) is 4.04. The lowest BCUT2D eigenvalue weighted by atomic mass is 10.0. The van der Waals surface area contributed by atoms with Gasteiger partial charge in [-0.3, -0.25) is 0 Å². The summed E-state index contributed by atoms with van der Waals surface area (Å²) < 4.78 is 13.6. The fourth-order valence-electron chi connectivity index (χ4n) is 3.33. The maximum absolute atomic E-state index is 13.6. The number of nitrogens with zero attached hydrogens (tertiary/aromatic N) is 3. The van der Waals surface area contributed by atoms with Crippen molar-refractivity contribution in [1.29, 1.82) is 0 Å². The lowest BCUT2D eigenvalue weighted by Crippen LogP contribution is -2.39. The highest BCUT2D eigenvalue weighted by Crippen LogP contribution is 2.25. The van der Waals surface area contributed by atoms with E-state index in [0.717, 1.165) is 18.8 Å². The Bertz CT molecular complexity index is 661. The number of anilines is 2. The van der Waals surface area contributed by atoms with Crippen molar-refractivity contribution in [1.82, 2.24) is 9.97 Å². The third-order valence-electron chi connectivity index (χ3n) is 4.67. The van der Waals surface area contributed by atoms with Crippen LogP contribution in [-0.4, -0.2) is 29.1 Å². The van der Waals surface area contributed by atoms with Gasteiger partial charge in [0, 0.05) is 25.3 Å². The molecule has 1 aromatic heterocycles. The number of nitrogens with one attached hydrogen (secondary N) is 1. The molecule has 1 saturated heterocycles. The summed E-state index contributed by atoms with van der Waals surface area (Å²) >= 11 is 0. The van der Waals surface area contributed by atoms with Crippen LogP contribution in [0.4, 0.5) is 16.2 Å². The van der Waals surface area contributed by atoms with E-state index in [9.17, 15) is 4.39 Å². The molecule has 24 heavy (non-hydrogen) atoms. The molecular weight excluding hydrogens is 303 g/mol. The Balaban J connectivity index is 1.62. The number of halogens is 1. The second kappa shape index (κ2) is 8.08. The molecule has 1 N–H and O–H groups in total. The van der Waals surface area contributed by atoms with Crippen molar-refractivity contribution in [2.75, 3.05) is 23.3 Å². The second-order valence-electron chi connectivity index (χ2n) is 6.26. The lowest BCUT2D eigenvalue weighted by Gasteiger charge is -2.36. The smallest absolute Gasteiger partial charge is 0.224 e. The number of benzene rings is 1. The maximum Gasteiger partial charge on any atom is 0.224 e. The molecular formula is C19H25FN4. The van der Waals surface area contributed by atoms with Crippen LogP contribution in [0.25, 0.3) is 0 Å². The lowest BCUT2D eigenvalue weighted by molar-refractivity contribution is 0.447. The van der Waals surface area contributed by atoms with Crippen LogP contribution in [-0.2, 0) is 6.42 Å². The molecule has 0 saturated carbocycles. The Morgan fingerprint density at radius 2 is 2.12 bits per heavy atom. The zero-order valence-corrected chi connectivity index (χ0v) is 14.2. The van der Waals surface area contributed by atoms with Gasteiger partial charge in [-0.1, -0.05) is 25.1 Å². The van der Waals surface area contributed by atoms with Crippen LogP contribution in [0, 0.1) is 5.82 Å². The molecule has 2 aromatic rings. The van der Waals surface area contributed by atoms with Crippen LogP contribution >= 0.6 is 0 Å². The zero-order valence-electron chi connectivity index (χ0n) is 14.2. The molecule has 0 amide bonds. The van der Waals surface area contributed by atoms with Crippen molar-refractivity contribution in [2.45, 2.75) is 45.1 Å². The van der Waals surface area contributed by atoms with Crippen LogP contribution in [0.15, 0.2) is 36.5 Å². The summed E-state index contributed by atoms with van der Waals surface area (Å²) in [6.45, 7) is 3.91. The Labute approximate surface area is 143 Å². The fourth-order valence-corrected chi connectivity index (χ4v) is 3.33. The molecule has 0 spiro atoms. The van der Waals surface area contributed by atoms with E-state index in [4.69, 9.17) is 0 Å². The van der Waals surface area contributed by atoms with Crippen LogP contribution in [0.5, 0.6) is 0 Å². The van der Waals surface area contributed by atoms with Crippen LogP contribution in [0.2, 0.25) is 0 Å². The van der Waals surface area contributed by atoms with Crippen molar-refractivity contribution in [3.63, 3.8) is 0 Å². The molecule has 0 bridgehead atoms. The Morgan fingerprint density at radius 3 is 2.96 bits per heavy atom. The summed E-state index contributed by atoms with van der Waals surface area (Å²) in [5, 5.41) is 3.22. The normalized spacial score (nSPS) is 17.8. The molecule has 0 aliphatic carbocycles. The average Bonchev–Trinajstić information content (AvgIpc) is 2.63. The van der Waals surface area contributed by atoms with E-state index in [1.807, 2.05) is 18.2 Å². The largest absolute Gasteiger partial charge is 0.354 e. The summed E-state index contributed by atoms with van der Waals surface area (Å²) in [5.41, 5.74) is 0.711. The molecule has 5 heteroatoms. The minimum atomic E-state index is -0.159. The van der Waals surface area contributed by atoms with E-state index < -0.39 is 0 Å². The minimum Gasteiger partial charge on any atom is -0.354 e. The molecule has 1 atom stereocenters. The zero-order chi connectivity index (χ0) is 16.8. The van der Waals surface area contributed by atoms with E-state index >= 15 is 0 Å². The number of hydrogen-bond donors (Lipinski definition) is 1. The highest BCUT2D eigenvalue weighted by Gasteiger charge is 2.22. The van der Waals surface area contributed by atoms with Crippen LogP contribution in [0.3, 0.4) is 0 Å². The number of piperidine rings is 1. The molecule has 3 rings (SSSR count). The van der Waals surface area contributed by atoms with Gasteiger partial charge < -0.3 is 10.2 Å². The molecule has 1 aliphatic rings. The van der Waals surface area contributed by atoms with Gasteiger partial charge in [0.05, 0.1) is 0 Å². The van der Waals surface area contributed by atoms with E-state index in [-0.39, 0.29) is 5.82 Å². The molecule has 0 radical (unpaired) electrons. The summed E-state index contributed by atoms with van der Waals surface area (Å²) in [4.78, 5) is 11.4. The number of rotatable bonds is 6. The third kappa shape index (κ3) is 4.02. The van der Waals surface area contributed by atoms with Gasteiger partial charge in [0.2, 0.25) is 5.95 Å². The molecule has 1 aromatic carbocycles. The van der Waals surface area contributed by atoms with Gasteiger partial charge in [-0.05, 0) is 49.8 Å². The second-order valence-corrected chi connectivity index (χ2v) is 6.26. The first-order valence-corrected chi connectivity index (χ1v) is 8.85. The fraction of sp³-hybridized carbons (Fsp3) is 0.474. The van der Waals surface area contributed by atoms with Gasteiger partial charge >= 0.3 is 0 Å². The highest BCUT2D eigenvalue weighted by atomic mass is 19.1.